The van der Waals surface area contributed by atoms with Gasteiger partial charge in [0, 0.05) is 11.3 Å². The van der Waals surface area contributed by atoms with Crippen LogP contribution < -0.4 is 5.32 Å². The molecule has 0 aliphatic carbocycles. The molecular formula is C16H15NO2. The Kier molecular flexibility index (Phi) is 4.11. The average molecular weight is 253 g/mol. The molecule has 0 fully saturated rings. The van der Waals surface area contributed by atoms with Gasteiger partial charge in [-0.1, -0.05) is 55.1 Å². The highest BCUT2D eigenvalue weighted by Gasteiger charge is 2.18. The van der Waals surface area contributed by atoms with Gasteiger partial charge in [0.25, 0.3) is 5.91 Å². The second kappa shape index (κ2) is 5.98. The van der Waals surface area contributed by atoms with E-state index in [0.717, 1.165) is 0 Å². The zero-order valence-electron chi connectivity index (χ0n) is 10.4. The Bertz CT molecular complexity index is 564. The fraction of sp³-hybridized carbons (Fsp3) is 0.0625. The predicted molar refractivity (Wildman–Crippen MR) is 75.6 cm³/mol. The van der Waals surface area contributed by atoms with E-state index >= 15 is 0 Å². The number of anilines is 1. The lowest BCUT2D eigenvalue weighted by Gasteiger charge is -2.14. The molecule has 1 atom stereocenters. The third-order valence-corrected chi connectivity index (χ3v) is 2.77. The molecule has 0 heterocycles. The third kappa shape index (κ3) is 3.30. The summed E-state index contributed by atoms with van der Waals surface area (Å²) in [7, 11) is 0. The topological polar surface area (TPSA) is 49.3 Å². The molecule has 19 heavy (non-hydrogen) atoms. The fourth-order valence-electron chi connectivity index (χ4n) is 1.69. The molecule has 1 unspecified atom stereocenters. The van der Waals surface area contributed by atoms with Crippen molar-refractivity contribution in [1.29, 1.82) is 0 Å². The number of hydrogen-bond donors (Lipinski definition) is 2. The van der Waals surface area contributed by atoms with E-state index in [0.29, 0.717) is 11.3 Å². The maximum atomic E-state index is 12.0. The number of aliphatic hydroxyl groups is 1. The van der Waals surface area contributed by atoms with Gasteiger partial charge in [-0.3, -0.25) is 4.79 Å². The van der Waals surface area contributed by atoms with Crippen molar-refractivity contribution < 1.29 is 9.90 Å². The molecule has 0 aliphatic heterocycles. The summed E-state index contributed by atoms with van der Waals surface area (Å²) in [5.74, 6) is -0.387. The van der Waals surface area contributed by atoms with E-state index in [1.165, 1.54) is 0 Å². The van der Waals surface area contributed by atoms with Crippen LogP contribution >= 0.6 is 0 Å². The maximum absolute atomic E-state index is 12.0. The zero-order valence-corrected chi connectivity index (χ0v) is 10.4. The molecular weight excluding hydrogens is 238 g/mol. The van der Waals surface area contributed by atoms with Gasteiger partial charge in [0.05, 0.1) is 0 Å². The first-order valence-electron chi connectivity index (χ1n) is 5.96. The lowest BCUT2D eigenvalue weighted by Crippen LogP contribution is -2.18. The summed E-state index contributed by atoms with van der Waals surface area (Å²) >= 11 is 0. The summed E-state index contributed by atoms with van der Waals surface area (Å²) < 4.78 is 0. The van der Waals surface area contributed by atoms with E-state index in [1.54, 1.807) is 36.4 Å². The van der Waals surface area contributed by atoms with Crippen molar-refractivity contribution in [3.8, 4) is 0 Å². The van der Waals surface area contributed by atoms with Gasteiger partial charge in [-0.25, -0.2) is 0 Å². The van der Waals surface area contributed by atoms with Crippen LogP contribution in [-0.4, -0.2) is 11.0 Å². The monoisotopic (exact) mass is 253 g/mol. The quantitative estimate of drug-likeness (QED) is 0.823. The first kappa shape index (κ1) is 13.1. The van der Waals surface area contributed by atoms with Gasteiger partial charge in [0.2, 0.25) is 0 Å². The highest BCUT2D eigenvalue weighted by atomic mass is 16.3. The molecule has 2 rings (SSSR count). The predicted octanol–water partition coefficient (Wildman–Crippen LogP) is 2.91. The molecule has 0 radical (unpaired) electrons. The van der Waals surface area contributed by atoms with E-state index in [-0.39, 0.29) is 11.5 Å². The van der Waals surface area contributed by atoms with Gasteiger partial charge in [0.15, 0.2) is 0 Å². The number of nitrogens with one attached hydrogen (secondary N) is 1. The molecule has 3 heteroatoms. The van der Waals surface area contributed by atoms with Crippen molar-refractivity contribution in [2.75, 3.05) is 5.32 Å². The molecule has 3 nitrogen and oxygen atoms in total. The van der Waals surface area contributed by atoms with Gasteiger partial charge < -0.3 is 10.4 Å². The standard InChI is InChI=1S/C16H15NO2/c1-12(15(18)13-8-4-2-5-9-13)16(19)17-14-10-6-3-7-11-14/h2-11,15,18H,1H2,(H,17,19). The van der Waals surface area contributed by atoms with Gasteiger partial charge in [-0.15, -0.1) is 0 Å². The van der Waals surface area contributed by atoms with Gasteiger partial charge >= 0.3 is 0 Å². The first-order chi connectivity index (χ1) is 9.18. The zero-order chi connectivity index (χ0) is 13.7. The Morgan fingerprint density at radius 3 is 2.11 bits per heavy atom. The van der Waals surface area contributed by atoms with Crippen LogP contribution in [0.5, 0.6) is 0 Å². The molecule has 2 N–H and O–H groups in total. The van der Waals surface area contributed by atoms with Crippen LogP contribution in [0.4, 0.5) is 5.69 Å². The first-order valence-corrected chi connectivity index (χ1v) is 5.96. The number of carbonyl (C=O) groups is 1. The van der Waals surface area contributed by atoms with Crippen LogP contribution in [0.25, 0.3) is 0 Å². The van der Waals surface area contributed by atoms with Gasteiger partial charge in [0.1, 0.15) is 6.10 Å². The normalized spacial score (nSPS) is 11.6. The van der Waals surface area contributed by atoms with Crippen LogP contribution in [-0.2, 0) is 4.79 Å². The Balaban J connectivity index is 2.06. The summed E-state index contributed by atoms with van der Waals surface area (Å²) in [4.78, 5) is 12.0. The van der Waals surface area contributed by atoms with Crippen molar-refractivity contribution in [2.45, 2.75) is 6.10 Å². The summed E-state index contributed by atoms with van der Waals surface area (Å²) in [6, 6.07) is 18.0. The number of rotatable bonds is 4. The van der Waals surface area contributed by atoms with E-state index in [4.69, 9.17) is 0 Å². The smallest absolute Gasteiger partial charge is 0.253 e. The second-order valence-corrected chi connectivity index (χ2v) is 4.16. The molecule has 1 amide bonds. The Hall–Kier alpha value is -2.39. The lowest BCUT2D eigenvalue weighted by atomic mass is 10.0. The minimum atomic E-state index is -0.995. The van der Waals surface area contributed by atoms with Crippen LogP contribution in [0.2, 0.25) is 0 Å². The van der Waals surface area contributed by atoms with Crippen molar-refractivity contribution in [3.63, 3.8) is 0 Å². The van der Waals surface area contributed by atoms with Crippen molar-refractivity contribution in [2.24, 2.45) is 0 Å². The molecule has 0 spiro atoms. The van der Waals surface area contributed by atoms with E-state index in [1.807, 2.05) is 24.3 Å². The highest BCUT2D eigenvalue weighted by molar-refractivity contribution is 6.04. The molecule has 0 aromatic heterocycles. The number of aliphatic hydroxyl groups excluding tert-OH is 1. The van der Waals surface area contributed by atoms with Crippen molar-refractivity contribution in [3.05, 3.63) is 78.4 Å². The average Bonchev–Trinajstić information content (AvgIpc) is 2.47. The number of benzene rings is 2. The molecule has 96 valence electrons. The largest absolute Gasteiger partial charge is 0.383 e. The molecule has 0 saturated heterocycles. The van der Waals surface area contributed by atoms with E-state index < -0.39 is 6.10 Å². The minimum absolute atomic E-state index is 0.120. The fourth-order valence-corrected chi connectivity index (χ4v) is 1.69. The lowest BCUT2D eigenvalue weighted by molar-refractivity contribution is -0.113. The second-order valence-electron chi connectivity index (χ2n) is 4.16. The number of para-hydroxylation sites is 1. The summed E-state index contributed by atoms with van der Waals surface area (Å²) in [5, 5.41) is 12.8. The van der Waals surface area contributed by atoms with Gasteiger partial charge in [-0.05, 0) is 17.7 Å². The number of amides is 1. The number of carbonyl (C=O) groups excluding carboxylic acids is 1. The summed E-state index contributed by atoms with van der Waals surface area (Å²) in [5.41, 5.74) is 1.44. The minimum Gasteiger partial charge on any atom is -0.383 e. The molecule has 0 bridgehead atoms. The maximum Gasteiger partial charge on any atom is 0.253 e. The molecule has 2 aromatic rings. The van der Waals surface area contributed by atoms with Crippen LogP contribution in [0, 0.1) is 0 Å². The highest BCUT2D eigenvalue weighted by Crippen LogP contribution is 2.21. The van der Waals surface area contributed by atoms with Crippen molar-refractivity contribution in [1.82, 2.24) is 0 Å². The molecule has 2 aromatic carbocycles. The van der Waals surface area contributed by atoms with E-state index in [9.17, 15) is 9.90 Å². The Morgan fingerprint density at radius 2 is 1.53 bits per heavy atom. The van der Waals surface area contributed by atoms with Gasteiger partial charge in [-0.2, -0.15) is 0 Å². The number of hydrogen-bond acceptors (Lipinski definition) is 2. The third-order valence-electron chi connectivity index (χ3n) is 2.77. The summed E-state index contributed by atoms with van der Waals surface area (Å²) in [6.45, 7) is 3.67. The Morgan fingerprint density at radius 1 is 1.00 bits per heavy atom. The van der Waals surface area contributed by atoms with Crippen LogP contribution in [0.3, 0.4) is 0 Å². The SMILES string of the molecule is C=C(C(=O)Nc1ccccc1)C(O)c1ccccc1. The van der Waals surface area contributed by atoms with Crippen LogP contribution in [0.15, 0.2) is 72.8 Å². The molecule has 0 aliphatic rings. The summed E-state index contributed by atoms with van der Waals surface area (Å²) in [6.07, 6.45) is -0.995. The van der Waals surface area contributed by atoms with Crippen molar-refractivity contribution >= 4 is 11.6 Å². The van der Waals surface area contributed by atoms with Crippen LogP contribution in [0.1, 0.15) is 11.7 Å². The Labute approximate surface area is 112 Å². The molecule has 0 saturated carbocycles. The van der Waals surface area contributed by atoms with E-state index in [2.05, 4.69) is 11.9 Å².